The minimum atomic E-state index is -4.45. The van der Waals surface area contributed by atoms with Crippen LogP contribution in [0.2, 0.25) is 0 Å². The lowest BCUT2D eigenvalue weighted by Gasteiger charge is -2.19. The molecule has 0 amide bonds. The molecule has 1 aromatic rings. The first-order valence-electron chi connectivity index (χ1n) is 4.87. The molecule has 1 rings (SSSR count). The summed E-state index contributed by atoms with van der Waals surface area (Å²) in [5.41, 5.74) is -0.941. The number of carboxylic acids is 1. The zero-order valence-electron chi connectivity index (χ0n) is 9.62. The van der Waals surface area contributed by atoms with Crippen LogP contribution in [0.25, 0.3) is 0 Å². The highest BCUT2D eigenvalue weighted by molar-refractivity contribution is 5.76. The summed E-state index contributed by atoms with van der Waals surface area (Å²) in [6.07, 6.45) is -0.912. The van der Waals surface area contributed by atoms with Gasteiger partial charge in [0.15, 0.2) is 0 Å². The first kappa shape index (κ1) is 13.5. The van der Waals surface area contributed by atoms with Crippen molar-refractivity contribution in [2.24, 2.45) is 0 Å². The van der Waals surface area contributed by atoms with Crippen molar-refractivity contribution >= 4 is 5.97 Å². The molecule has 0 aliphatic heterocycles. The topological polar surface area (TPSA) is 55.1 Å². The average molecular weight is 250 g/mol. The summed E-state index contributed by atoms with van der Waals surface area (Å²) in [7, 11) is 0. The highest BCUT2D eigenvalue weighted by Gasteiger charge is 2.49. The van der Waals surface area contributed by atoms with Gasteiger partial charge in [0.05, 0.1) is 11.7 Å². The van der Waals surface area contributed by atoms with Gasteiger partial charge in [-0.05, 0) is 20.8 Å². The molecule has 0 spiro atoms. The molecule has 0 aliphatic rings. The van der Waals surface area contributed by atoms with Gasteiger partial charge in [-0.1, -0.05) is 0 Å². The van der Waals surface area contributed by atoms with Crippen LogP contribution >= 0.6 is 0 Å². The Morgan fingerprint density at radius 2 is 2.00 bits per heavy atom. The minimum absolute atomic E-state index is 0.452. The lowest BCUT2D eigenvalue weighted by Crippen LogP contribution is -2.33. The number of aliphatic carboxylic acids is 1. The maximum absolute atomic E-state index is 13.4. The molecule has 0 radical (unpaired) electrons. The summed E-state index contributed by atoms with van der Waals surface area (Å²) in [6, 6.07) is 0. The van der Waals surface area contributed by atoms with Gasteiger partial charge in [-0.3, -0.25) is 4.68 Å². The lowest BCUT2D eigenvalue weighted by atomic mass is 10.1. The molecule has 0 saturated carbocycles. The Labute approximate surface area is 96.0 Å². The molecular weight excluding hydrogens is 237 g/mol. The van der Waals surface area contributed by atoms with E-state index in [4.69, 9.17) is 5.11 Å². The average Bonchev–Trinajstić information content (AvgIpc) is 2.63. The van der Waals surface area contributed by atoms with Crippen molar-refractivity contribution in [2.75, 3.05) is 0 Å². The van der Waals surface area contributed by atoms with Crippen LogP contribution in [-0.2, 0) is 10.3 Å². The van der Waals surface area contributed by atoms with Crippen LogP contribution < -0.4 is 0 Å². The summed E-state index contributed by atoms with van der Waals surface area (Å²) >= 11 is 0. The number of carboxylic acid groups (broad SMARTS) is 1. The second-order valence-electron chi connectivity index (χ2n) is 4.68. The molecule has 0 bridgehead atoms. The molecule has 7 heteroatoms. The van der Waals surface area contributed by atoms with Crippen LogP contribution in [0.3, 0.4) is 0 Å². The van der Waals surface area contributed by atoms with Gasteiger partial charge in [0.25, 0.3) is 0 Å². The Bertz CT molecular complexity index is 423. The van der Waals surface area contributed by atoms with Crippen LogP contribution in [0.5, 0.6) is 0 Å². The Morgan fingerprint density at radius 3 is 2.35 bits per heavy atom. The smallest absolute Gasteiger partial charge is 0.378 e. The molecule has 1 atom stereocenters. The van der Waals surface area contributed by atoms with E-state index in [-0.39, 0.29) is 0 Å². The largest absolute Gasteiger partial charge is 0.477 e. The molecule has 96 valence electrons. The van der Waals surface area contributed by atoms with Gasteiger partial charge in [-0.2, -0.15) is 13.9 Å². The standard InChI is InChI=1S/C10H13F3N2O2/c1-9(2,3)15-5-6(4-14-15)7(11)10(12,13)8(16)17/h4-5,7H,1-3H3,(H,16,17). The number of carbonyl (C=O) groups is 1. The number of nitrogens with zero attached hydrogens (tertiary/aromatic N) is 2. The number of rotatable bonds is 3. The van der Waals surface area contributed by atoms with Crippen LogP contribution in [-0.4, -0.2) is 26.8 Å². The molecule has 17 heavy (non-hydrogen) atoms. The van der Waals surface area contributed by atoms with Gasteiger partial charge in [-0.25, -0.2) is 9.18 Å². The van der Waals surface area contributed by atoms with E-state index < -0.39 is 29.2 Å². The van der Waals surface area contributed by atoms with Gasteiger partial charge in [0.2, 0.25) is 6.17 Å². The Kier molecular flexibility index (Phi) is 3.22. The quantitative estimate of drug-likeness (QED) is 0.896. The zero-order valence-corrected chi connectivity index (χ0v) is 9.62. The van der Waals surface area contributed by atoms with Crippen LogP contribution in [0, 0.1) is 0 Å². The zero-order chi connectivity index (χ0) is 13.4. The molecule has 0 aromatic carbocycles. The number of aromatic nitrogens is 2. The fourth-order valence-electron chi connectivity index (χ4n) is 1.15. The SMILES string of the molecule is CC(C)(C)n1cc(C(F)C(F)(F)C(=O)O)cn1. The predicted molar refractivity (Wildman–Crippen MR) is 53.7 cm³/mol. The molecule has 1 N–H and O–H groups in total. The number of alkyl halides is 3. The van der Waals surface area contributed by atoms with Gasteiger partial charge in [0, 0.05) is 11.8 Å². The molecule has 1 unspecified atom stereocenters. The summed E-state index contributed by atoms with van der Waals surface area (Å²) in [5, 5.41) is 12.0. The third-order valence-electron chi connectivity index (χ3n) is 2.19. The van der Waals surface area contributed by atoms with Crippen molar-refractivity contribution < 1.29 is 23.1 Å². The number of halogens is 3. The number of hydrogen-bond acceptors (Lipinski definition) is 2. The molecular formula is C10H13F3N2O2. The van der Waals surface area contributed by atoms with Crippen molar-refractivity contribution in [3.8, 4) is 0 Å². The van der Waals surface area contributed by atoms with Crippen molar-refractivity contribution in [3.05, 3.63) is 18.0 Å². The van der Waals surface area contributed by atoms with E-state index in [1.54, 1.807) is 20.8 Å². The van der Waals surface area contributed by atoms with E-state index in [9.17, 15) is 18.0 Å². The molecule has 1 aromatic heterocycles. The van der Waals surface area contributed by atoms with Crippen molar-refractivity contribution in [1.82, 2.24) is 9.78 Å². The van der Waals surface area contributed by atoms with Crippen molar-refractivity contribution in [3.63, 3.8) is 0 Å². The van der Waals surface area contributed by atoms with Crippen LogP contribution in [0.1, 0.15) is 32.5 Å². The van der Waals surface area contributed by atoms with Gasteiger partial charge in [-0.15, -0.1) is 0 Å². The van der Waals surface area contributed by atoms with Gasteiger partial charge >= 0.3 is 11.9 Å². The molecule has 0 aliphatic carbocycles. The maximum Gasteiger partial charge on any atom is 0.378 e. The summed E-state index contributed by atoms with van der Waals surface area (Å²) < 4.78 is 40.5. The first-order valence-corrected chi connectivity index (χ1v) is 4.87. The molecule has 0 fully saturated rings. The van der Waals surface area contributed by atoms with Gasteiger partial charge in [0.1, 0.15) is 0 Å². The Balaban J connectivity index is 3.03. The molecule has 4 nitrogen and oxygen atoms in total. The van der Waals surface area contributed by atoms with Crippen molar-refractivity contribution in [2.45, 2.75) is 38.4 Å². The fraction of sp³-hybridized carbons (Fsp3) is 0.600. The van der Waals surface area contributed by atoms with E-state index in [0.717, 1.165) is 12.4 Å². The normalized spacial score (nSPS) is 14.7. The molecule has 0 saturated heterocycles. The summed E-state index contributed by atoms with van der Waals surface area (Å²) in [4.78, 5) is 10.2. The summed E-state index contributed by atoms with van der Waals surface area (Å²) in [5.74, 6) is -6.94. The predicted octanol–water partition coefficient (Wildman–Crippen LogP) is 2.37. The van der Waals surface area contributed by atoms with E-state index >= 15 is 0 Å². The number of hydrogen-bond donors (Lipinski definition) is 1. The molecule has 1 heterocycles. The maximum atomic E-state index is 13.4. The van der Waals surface area contributed by atoms with E-state index in [1.165, 1.54) is 4.68 Å². The lowest BCUT2D eigenvalue weighted by molar-refractivity contribution is -0.175. The third-order valence-corrected chi connectivity index (χ3v) is 2.19. The minimum Gasteiger partial charge on any atom is -0.477 e. The Morgan fingerprint density at radius 1 is 1.47 bits per heavy atom. The monoisotopic (exact) mass is 250 g/mol. The highest BCUT2D eigenvalue weighted by Crippen LogP contribution is 2.35. The second-order valence-corrected chi connectivity index (χ2v) is 4.68. The van der Waals surface area contributed by atoms with Crippen LogP contribution in [0.15, 0.2) is 12.4 Å². The van der Waals surface area contributed by atoms with Gasteiger partial charge < -0.3 is 5.11 Å². The van der Waals surface area contributed by atoms with E-state index in [0.29, 0.717) is 0 Å². The first-order chi connectivity index (χ1) is 7.56. The Hall–Kier alpha value is -1.53. The third kappa shape index (κ3) is 2.59. The van der Waals surface area contributed by atoms with Crippen LogP contribution in [0.4, 0.5) is 13.2 Å². The summed E-state index contributed by atoms with van der Waals surface area (Å²) in [6.45, 7) is 5.27. The van der Waals surface area contributed by atoms with E-state index in [2.05, 4.69) is 5.10 Å². The second kappa shape index (κ2) is 4.05. The van der Waals surface area contributed by atoms with E-state index in [1.807, 2.05) is 0 Å². The fourth-order valence-corrected chi connectivity index (χ4v) is 1.15. The van der Waals surface area contributed by atoms with Crippen molar-refractivity contribution in [1.29, 1.82) is 0 Å². The highest BCUT2D eigenvalue weighted by atomic mass is 19.3.